The number of hydrogen-bond donors (Lipinski definition) is 4. The molecule has 2 amide bonds. The van der Waals surface area contributed by atoms with Gasteiger partial charge in [-0.15, -0.1) is 0 Å². The normalized spacial score (nSPS) is 13.7. The van der Waals surface area contributed by atoms with Gasteiger partial charge in [0.05, 0.1) is 6.61 Å². The van der Waals surface area contributed by atoms with Crippen LogP contribution < -0.4 is 21.9 Å². The topological polar surface area (TPSA) is 213 Å². The molecule has 0 unspecified atom stereocenters. The lowest BCUT2D eigenvalue weighted by molar-refractivity contribution is -0.147. The highest BCUT2D eigenvalue weighted by atomic mass is 35.5. The molecular formula is C29H41ClN8O6. The van der Waals surface area contributed by atoms with Crippen LogP contribution in [0.2, 0.25) is 5.15 Å². The minimum atomic E-state index is -0.687. The van der Waals surface area contributed by atoms with Crippen molar-refractivity contribution >= 4 is 47.2 Å². The van der Waals surface area contributed by atoms with E-state index in [0.717, 1.165) is 23.3 Å². The summed E-state index contributed by atoms with van der Waals surface area (Å²) in [6.07, 6.45) is 3.10. The maximum atomic E-state index is 12.8. The quantitative estimate of drug-likeness (QED) is 0.122. The van der Waals surface area contributed by atoms with Crippen molar-refractivity contribution in [2.24, 2.45) is 11.7 Å². The zero-order chi connectivity index (χ0) is 32.4. The first kappa shape index (κ1) is 34.2. The van der Waals surface area contributed by atoms with Gasteiger partial charge in [0, 0.05) is 19.6 Å². The van der Waals surface area contributed by atoms with Gasteiger partial charge in [0.25, 0.3) is 5.91 Å². The van der Waals surface area contributed by atoms with Crippen molar-refractivity contribution in [3.05, 3.63) is 40.7 Å². The van der Waals surface area contributed by atoms with Gasteiger partial charge in [-0.3, -0.25) is 15.1 Å². The first-order valence-corrected chi connectivity index (χ1v) is 14.7. The highest BCUT2D eigenvalue weighted by Crippen LogP contribution is 2.21. The first-order chi connectivity index (χ1) is 20.7. The van der Waals surface area contributed by atoms with E-state index in [9.17, 15) is 14.4 Å². The lowest BCUT2D eigenvalue weighted by Gasteiger charge is -2.33. The molecule has 2 aromatic rings. The highest BCUT2D eigenvalue weighted by Gasteiger charge is 2.28. The van der Waals surface area contributed by atoms with Gasteiger partial charge in [-0.25, -0.2) is 19.6 Å². The number of amides is 2. The maximum Gasteiger partial charge on any atom is 0.410 e. The van der Waals surface area contributed by atoms with E-state index in [4.69, 9.17) is 48.4 Å². The number of carbonyl (C=O) groups is 3. The van der Waals surface area contributed by atoms with Crippen LogP contribution in [0.15, 0.2) is 24.3 Å². The van der Waals surface area contributed by atoms with Crippen molar-refractivity contribution in [1.29, 1.82) is 5.41 Å². The number of piperidine rings is 1. The molecule has 1 aliphatic rings. The zero-order valence-electron chi connectivity index (χ0n) is 25.3. The van der Waals surface area contributed by atoms with Crippen LogP contribution in [0.3, 0.4) is 0 Å². The fourth-order valence-electron chi connectivity index (χ4n) is 4.41. The second-order valence-corrected chi connectivity index (χ2v) is 11.8. The number of rotatable bonds is 11. The van der Waals surface area contributed by atoms with Crippen molar-refractivity contribution in [2.45, 2.75) is 58.5 Å². The molecule has 2 heterocycles. The van der Waals surface area contributed by atoms with Crippen LogP contribution in [0.1, 0.15) is 62.5 Å². The molecule has 7 N–H and O–H groups in total. The maximum absolute atomic E-state index is 12.8. The van der Waals surface area contributed by atoms with Gasteiger partial charge in [-0.1, -0.05) is 23.7 Å². The summed E-state index contributed by atoms with van der Waals surface area (Å²) in [5.74, 6) is -1.18. The highest BCUT2D eigenvalue weighted by molar-refractivity contribution is 6.31. The number of nitrogens with one attached hydrogen (secondary N) is 1. The molecule has 1 saturated heterocycles. The number of guanidine groups is 1. The largest absolute Gasteiger partial charge is 0.482 e. The molecule has 0 aliphatic carbocycles. The summed E-state index contributed by atoms with van der Waals surface area (Å²) < 4.78 is 16.4. The Kier molecular flexibility index (Phi) is 12.0. The van der Waals surface area contributed by atoms with Crippen LogP contribution in [0.5, 0.6) is 5.75 Å². The number of ether oxygens (including phenoxy) is 3. The molecule has 3 rings (SSSR count). The molecule has 1 fully saturated rings. The summed E-state index contributed by atoms with van der Waals surface area (Å²) in [6, 6.07) is 7.32. The SMILES string of the molecule is CC(C)(C)OC(=O)N1CCC(COC(=O)COc2ccc(CCCCN(C(=N)N)C(=O)c3nc(Cl)c(N)nc3N)cc2)CC1. The molecule has 0 saturated carbocycles. The molecule has 0 radical (unpaired) electrons. The van der Waals surface area contributed by atoms with Gasteiger partial charge in [-0.2, -0.15) is 0 Å². The number of halogens is 1. The Morgan fingerprint density at radius 2 is 1.73 bits per heavy atom. The molecule has 0 atom stereocenters. The number of carbonyl (C=O) groups excluding carboxylic acids is 3. The molecule has 15 heteroatoms. The van der Waals surface area contributed by atoms with Crippen molar-refractivity contribution in [1.82, 2.24) is 19.8 Å². The molecule has 0 spiro atoms. The lowest BCUT2D eigenvalue weighted by Crippen LogP contribution is -2.42. The van der Waals surface area contributed by atoms with Crippen molar-refractivity contribution in [3.8, 4) is 5.75 Å². The van der Waals surface area contributed by atoms with Crippen LogP contribution in [-0.2, 0) is 20.7 Å². The van der Waals surface area contributed by atoms with E-state index in [1.807, 2.05) is 32.9 Å². The van der Waals surface area contributed by atoms with E-state index >= 15 is 0 Å². The third-order valence-corrected chi connectivity index (χ3v) is 7.04. The summed E-state index contributed by atoms with van der Waals surface area (Å²) in [5, 5.41) is 7.62. The standard InChI is InChI=1S/C29H41ClN8O6/c1-29(2,3)44-28(41)37-14-11-19(12-15-37)16-43-21(39)17-42-20-9-7-18(8-10-20)6-4-5-13-38(27(33)34)26(40)22-24(31)36-25(32)23(30)35-22/h7-10,19H,4-6,11-17H2,1-3H3,(H3,33,34)(H4,31,32,36). The number of unbranched alkanes of at least 4 members (excludes halogenated alkanes) is 1. The van der Waals surface area contributed by atoms with Gasteiger partial charge >= 0.3 is 12.1 Å². The number of esters is 1. The van der Waals surface area contributed by atoms with Gasteiger partial charge < -0.3 is 36.3 Å². The summed E-state index contributed by atoms with van der Waals surface area (Å²) in [5.41, 5.74) is 17.2. The summed E-state index contributed by atoms with van der Waals surface area (Å²) >= 11 is 5.87. The Hall–Kier alpha value is -4.33. The number of likely N-dealkylation sites (tertiary alicyclic amines) is 1. The Labute approximate surface area is 261 Å². The molecular weight excluding hydrogens is 592 g/mol. The second-order valence-electron chi connectivity index (χ2n) is 11.5. The Bertz CT molecular complexity index is 1330. The van der Waals surface area contributed by atoms with Crippen molar-refractivity contribution in [3.63, 3.8) is 0 Å². The Morgan fingerprint density at radius 1 is 1.07 bits per heavy atom. The molecule has 44 heavy (non-hydrogen) atoms. The molecule has 240 valence electrons. The minimum absolute atomic E-state index is 0.100. The molecule has 14 nitrogen and oxygen atoms in total. The Morgan fingerprint density at radius 3 is 2.34 bits per heavy atom. The van der Waals surface area contributed by atoms with Crippen LogP contribution >= 0.6 is 11.6 Å². The number of nitrogens with two attached hydrogens (primary N) is 3. The van der Waals surface area contributed by atoms with Gasteiger partial charge in [-0.05, 0) is 76.5 Å². The number of nitrogens with zero attached hydrogens (tertiary/aromatic N) is 4. The smallest absolute Gasteiger partial charge is 0.410 e. The molecule has 1 aromatic carbocycles. The van der Waals surface area contributed by atoms with Crippen LogP contribution in [0.25, 0.3) is 0 Å². The fraction of sp³-hybridized carbons (Fsp3) is 0.517. The zero-order valence-corrected chi connectivity index (χ0v) is 26.1. The first-order valence-electron chi connectivity index (χ1n) is 14.3. The van der Waals surface area contributed by atoms with E-state index in [1.165, 1.54) is 0 Å². The summed E-state index contributed by atoms with van der Waals surface area (Å²) in [4.78, 5) is 47.7. The average molecular weight is 633 g/mol. The summed E-state index contributed by atoms with van der Waals surface area (Å²) in [6.45, 7) is 6.88. The number of nitrogen functional groups attached to an aromatic ring is 2. The number of aromatic nitrogens is 2. The van der Waals surface area contributed by atoms with Crippen LogP contribution in [0.4, 0.5) is 16.4 Å². The molecule has 1 aromatic heterocycles. The second kappa shape index (κ2) is 15.4. The third kappa shape index (κ3) is 10.4. The summed E-state index contributed by atoms with van der Waals surface area (Å²) in [7, 11) is 0. The van der Waals surface area contributed by atoms with Gasteiger partial charge in [0.2, 0.25) is 0 Å². The monoisotopic (exact) mass is 632 g/mol. The van der Waals surface area contributed by atoms with Gasteiger partial charge in [0.1, 0.15) is 11.4 Å². The van der Waals surface area contributed by atoms with Crippen molar-refractivity contribution < 1.29 is 28.6 Å². The van der Waals surface area contributed by atoms with E-state index in [2.05, 4.69) is 9.97 Å². The number of benzene rings is 1. The third-order valence-electron chi connectivity index (χ3n) is 6.77. The van der Waals surface area contributed by atoms with Crippen LogP contribution in [-0.4, -0.2) is 82.1 Å². The Balaban J connectivity index is 1.35. The van der Waals surface area contributed by atoms with E-state index in [-0.39, 0.29) is 54.3 Å². The van der Waals surface area contributed by atoms with E-state index in [1.54, 1.807) is 17.0 Å². The average Bonchev–Trinajstić information content (AvgIpc) is 2.96. The number of anilines is 2. The van der Waals surface area contributed by atoms with E-state index < -0.39 is 23.4 Å². The molecule has 0 bridgehead atoms. The molecule has 1 aliphatic heterocycles. The lowest BCUT2D eigenvalue weighted by atomic mass is 9.98. The van der Waals surface area contributed by atoms with Gasteiger partial charge in [0.15, 0.2) is 35.0 Å². The number of aryl methyl sites for hydroxylation is 1. The minimum Gasteiger partial charge on any atom is -0.482 e. The number of hydrogen-bond acceptors (Lipinski definition) is 11. The van der Waals surface area contributed by atoms with Crippen LogP contribution in [0, 0.1) is 11.3 Å². The predicted molar refractivity (Wildman–Crippen MR) is 165 cm³/mol. The fourth-order valence-corrected chi connectivity index (χ4v) is 4.54. The predicted octanol–water partition coefficient (Wildman–Crippen LogP) is 3.22. The van der Waals surface area contributed by atoms with Crippen molar-refractivity contribution in [2.75, 3.05) is 44.3 Å². The van der Waals surface area contributed by atoms with E-state index in [0.29, 0.717) is 38.1 Å².